The number of aromatic nitrogens is 4. The molecule has 0 fully saturated rings. The van der Waals surface area contributed by atoms with Crippen molar-refractivity contribution in [1.82, 2.24) is 19.6 Å². The van der Waals surface area contributed by atoms with Gasteiger partial charge in [-0.3, -0.25) is 9.36 Å². The normalized spacial score (nSPS) is 10.8. The summed E-state index contributed by atoms with van der Waals surface area (Å²) in [5.41, 5.74) is 9.64. The monoisotopic (exact) mass is 283 g/mol. The molecule has 3 rings (SSSR count). The second-order valence-electron chi connectivity index (χ2n) is 4.84. The van der Waals surface area contributed by atoms with Crippen LogP contribution in [-0.4, -0.2) is 26.7 Å². The Balaban J connectivity index is 2.16. The molecule has 0 aliphatic carbocycles. The maximum atomic E-state index is 6.18. The number of aryl methyl sites for hydroxylation is 2. The number of hydrogen-bond donors (Lipinski definition) is 1. The lowest BCUT2D eigenvalue weighted by Crippen LogP contribution is -1.98. The Kier molecular flexibility index (Phi) is 3.13. The van der Waals surface area contributed by atoms with Gasteiger partial charge in [0.05, 0.1) is 12.7 Å². The van der Waals surface area contributed by atoms with Crippen molar-refractivity contribution in [3.63, 3.8) is 0 Å². The molecule has 1 aromatic carbocycles. The Labute approximate surface area is 122 Å². The number of nitrogens with two attached hydrogens (primary N) is 1. The summed E-state index contributed by atoms with van der Waals surface area (Å²) in [6.45, 7) is 0. The molecule has 21 heavy (non-hydrogen) atoms. The third-order valence-corrected chi connectivity index (χ3v) is 3.43. The van der Waals surface area contributed by atoms with E-state index in [0.717, 1.165) is 28.3 Å². The fourth-order valence-electron chi connectivity index (χ4n) is 2.30. The first-order chi connectivity index (χ1) is 10.1. The average Bonchev–Trinajstić information content (AvgIpc) is 3.04. The molecule has 6 nitrogen and oxygen atoms in total. The van der Waals surface area contributed by atoms with Crippen LogP contribution >= 0.6 is 0 Å². The van der Waals surface area contributed by atoms with Crippen molar-refractivity contribution >= 4 is 5.82 Å². The van der Waals surface area contributed by atoms with Gasteiger partial charge in [-0.05, 0) is 23.8 Å². The molecule has 2 N–H and O–H groups in total. The molecule has 108 valence electrons. The summed E-state index contributed by atoms with van der Waals surface area (Å²) in [5, 5.41) is 8.91. The molecular weight excluding hydrogens is 266 g/mol. The third kappa shape index (κ3) is 2.24. The first-order valence-corrected chi connectivity index (χ1v) is 6.57. The Morgan fingerprint density at radius 3 is 2.33 bits per heavy atom. The number of ether oxygens (including phenoxy) is 1. The van der Waals surface area contributed by atoms with E-state index in [0.29, 0.717) is 5.82 Å². The zero-order valence-electron chi connectivity index (χ0n) is 12.2. The van der Waals surface area contributed by atoms with Crippen LogP contribution in [0.5, 0.6) is 5.75 Å². The van der Waals surface area contributed by atoms with Crippen LogP contribution in [0, 0.1) is 0 Å². The fourth-order valence-corrected chi connectivity index (χ4v) is 2.30. The molecule has 6 heteroatoms. The smallest absolute Gasteiger partial charge is 0.129 e. The van der Waals surface area contributed by atoms with Crippen LogP contribution in [0.25, 0.3) is 22.5 Å². The molecule has 0 saturated carbocycles. The standard InChI is InChI=1S/C15H17N5O/c1-19-9-8-12(17-19)14-13(15(16)20(2)18-14)10-4-6-11(21-3)7-5-10/h4-9H,16H2,1-3H3. The molecule has 0 aliphatic heterocycles. The molecule has 0 amide bonds. The van der Waals surface area contributed by atoms with Gasteiger partial charge in [-0.2, -0.15) is 10.2 Å². The van der Waals surface area contributed by atoms with Crippen LogP contribution < -0.4 is 10.5 Å². The van der Waals surface area contributed by atoms with Crippen molar-refractivity contribution in [3.05, 3.63) is 36.5 Å². The van der Waals surface area contributed by atoms with Gasteiger partial charge in [0.25, 0.3) is 0 Å². The lowest BCUT2D eigenvalue weighted by molar-refractivity contribution is 0.415. The minimum atomic E-state index is 0.612. The zero-order chi connectivity index (χ0) is 15.0. The summed E-state index contributed by atoms with van der Waals surface area (Å²) >= 11 is 0. The molecule has 3 aromatic rings. The van der Waals surface area contributed by atoms with E-state index in [1.165, 1.54) is 0 Å². The van der Waals surface area contributed by atoms with Crippen molar-refractivity contribution in [2.45, 2.75) is 0 Å². The largest absolute Gasteiger partial charge is 0.497 e. The highest BCUT2D eigenvalue weighted by molar-refractivity contribution is 5.87. The van der Waals surface area contributed by atoms with Gasteiger partial charge in [0.1, 0.15) is 23.0 Å². The van der Waals surface area contributed by atoms with Crippen LogP contribution in [0.1, 0.15) is 0 Å². The van der Waals surface area contributed by atoms with E-state index >= 15 is 0 Å². The highest BCUT2D eigenvalue weighted by Crippen LogP contribution is 2.35. The predicted molar refractivity (Wildman–Crippen MR) is 81.8 cm³/mol. The Hall–Kier alpha value is -2.76. The number of nitrogen functional groups attached to an aromatic ring is 1. The SMILES string of the molecule is COc1ccc(-c2c(-c3ccn(C)n3)nn(C)c2N)cc1. The van der Waals surface area contributed by atoms with Crippen LogP contribution in [0.4, 0.5) is 5.82 Å². The van der Waals surface area contributed by atoms with E-state index in [1.54, 1.807) is 16.5 Å². The summed E-state index contributed by atoms with van der Waals surface area (Å²) in [5.74, 6) is 1.42. The van der Waals surface area contributed by atoms with Gasteiger partial charge in [-0.15, -0.1) is 0 Å². The van der Waals surface area contributed by atoms with E-state index < -0.39 is 0 Å². The lowest BCUT2D eigenvalue weighted by Gasteiger charge is -2.04. The minimum absolute atomic E-state index is 0.612. The van der Waals surface area contributed by atoms with Gasteiger partial charge < -0.3 is 10.5 Å². The first kappa shape index (κ1) is 13.2. The molecule has 0 atom stereocenters. The number of rotatable bonds is 3. The maximum Gasteiger partial charge on any atom is 0.129 e. The molecule has 0 saturated heterocycles. The van der Waals surface area contributed by atoms with Gasteiger partial charge in [0.15, 0.2) is 0 Å². The summed E-state index contributed by atoms with van der Waals surface area (Å²) in [4.78, 5) is 0. The molecule has 2 heterocycles. The highest BCUT2D eigenvalue weighted by atomic mass is 16.5. The maximum absolute atomic E-state index is 6.18. The van der Waals surface area contributed by atoms with E-state index in [2.05, 4.69) is 10.2 Å². The molecule has 0 bridgehead atoms. The number of benzene rings is 1. The Morgan fingerprint density at radius 1 is 1.05 bits per heavy atom. The van der Waals surface area contributed by atoms with Gasteiger partial charge in [-0.25, -0.2) is 0 Å². The van der Waals surface area contributed by atoms with Crippen molar-refractivity contribution in [2.24, 2.45) is 14.1 Å². The molecule has 0 unspecified atom stereocenters. The quantitative estimate of drug-likeness (QED) is 0.799. The van der Waals surface area contributed by atoms with E-state index in [-0.39, 0.29) is 0 Å². The zero-order valence-corrected chi connectivity index (χ0v) is 12.2. The summed E-state index contributed by atoms with van der Waals surface area (Å²) in [6.07, 6.45) is 1.89. The summed E-state index contributed by atoms with van der Waals surface area (Å²) in [7, 11) is 5.35. The van der Waals surface area contributed by atoms with Gasteiger partial charge in [0.2, 0.25) is 0 Å². The number of hydrogen-bond acceptors (Lipinski definition) is 4. The average molecular weight is 283 g/mol. The van der Waals surface area contributed by atoms with Crippen LogP contribution in [-0.2, 0) is 14.1 Å². The molecule has 0 aliphatic rings. The van der Waals surface area contributed by atoms with Crippen molar-refractivity contribution in [1.29, 1.82) is 0 Å². The number of methoxy groups -OCH3 is 1. The molecular formula is C15H17N5O. The molecule has 2 aromatic heterocycles. The van der Waals surface area contributed by atoms with Crippen molar-refractivity contribution in [2.75, 3.05) is 12.8 Å². The first-order valence-electron chi connectivity index (χ1n) is 6.57. The lowest BCUT2D eigenvalue weighted by atomic mass is 10.0. The van der Waals surface area contributed by atoms with Crippen molar-refractivity contribution in [3.8, 4) is 28.3 Å². The Bertz CT molecular complexity index is 770. The van der Waals surface area contributed by atoms with Crippen LogP contribution in [0.2, 0.25) is 0 Å². The fraction of sp³-hybridized carbons (Fsp3) is 0.200. The summed E-state index contributed by atoms with van der Waals surface area (Å²) in [6, 6.07) is 9.68. The van der Waals surface area contributed by atoms with E-state index in [9.17, 15) is 0 Å². The van der Waals surface area contributed by atoms with Crippen molar-refractivity contribution < 1.29 is 4.74 Å². The van der Waals surface area contributed by atoms with E-state index in [1.807, 2.05) is 50.6 Å². The van der Waals surface area contributed by atoms with Gasteiger partial charge in [0, 0.05) is 20.3 Å². The topological polar surface area (TPSA) is 70.9 Å². The molecule has 0 spiro atoms. The van der Waals surface area contributed by atoms with Gasteiger partial charge in [-0.1, -0.05) is 12.1 Å². The predicted octanol–water partition coefficient (Wildman–Crippen LogP) is 2.08. The van der Waals surface area contributed by atoms with Gasteiger partial charge >= 0.3 is 0 Å². The van der Waals surface area contributed by atoms with Crippen LogP contribution in [0.3, 0.4) is 0 Å². The second-order valence-corrected chi connectivity index (χ2v) is 4.84. The highest BCUT2D eigenvalue weighted by Gasteiger charge is 2.19. The third-order valence-electron chi connectivity index (χ3n) is 3.43. The number of nitrogens with zero attached hydrogens (tertiary/aromatic N) is 4. The number of anilines is 1. The minimum Gasteiger partial charge on any atom is -0.497 e. The summed E-state index contributed by atoms with van der Waals surface area (Å²) < 4.78 is 8.61. The van der Waals surface area contributed by atoms with E-state index in [4.69, 9.17) is 10.5 Å². The Morgan fingerprint density at radius 2 is 1.76 bits per heavy atom. The molecule has 0 radical (unpaired) electrons. The van der Waals surface area contributed by atoms with Crippen LogP contribution in [0.15, 0.2) is 36.5 Å². The second kappa shape index (κ2) is 4.97.